The van der Waals surface area contributed by atoms with E-state index in [-0.39, 0.29) is 60.6 Å². The lowest BCUT2D eigenvalue weighted by Gasteiger charge is -2.24. The number of fused-ring (bicyclic) bond motifs is 4. The first-order valence-corrected chi connectivity index (χ1v) is 16.1. The monoisotopic (exact) mass is 631 g/mol. The Bertz CT molecular complexity index is 1610. The first-order chi connectivity index (χ1) is 21.3. The lowest BCUT2D eigenvalue weighted by molar-refractivity contribution is -0.122. The molecule has 4 aromatic rings. The second kappa shape index (κ2) is 14.3. The number of carbonyl (C=O) groups is 4. The molecule has 0 fully saturated rings. The van der Waals surface area contributed by atoms with Gasteiger partial charge < -0.3 is 20.9 Å². The Morgan fingerprint density at radius 1 is 0.955 bits per heavy atom. The highest BCUT2D eigenvalue weighted by molar-refractivity contribution is 7.10. The van der Waals surface area contributed by atoms with Gasteiger partial charge in [0.1, 0.15) is 21.4 Å². The molecule has 4 amide bonds. The van der Waals surface area contributed by atoms with E-state index in [2.05, 4.69) is 30.9 Å². The smallest absolute Gasteiger partial charge is 0.271 e. The van der Waals surface area contributed by atoms with E-state index in [9.17, 15) is 19.2 Å². The van der Waals surface area contributed by atoms with Crippen LogP contribution in [0.25, 0.3) is 0 Å². The minimum absolute atomic E-state index is 0.00155. The van der Waals surface area contributed by atoms with Crippen LogP contribution >= 0.6 is 22.7 Å². The number of carbonyl (C=O) groups excluding carboxylic acids is 4. The van der Waals surface area contributed by atoms with Gasteiger partial charge in [0.15, 0.2) is 0 Å². The number of aromatic nitrogens is 3. The van der Waals surface area contributed by atoms with Crippen LogP contribution in [-0.2, 0) is 11.2 Å². The molecule has 0 aliphatic carbocycles. The molecule has 44 heavy (non-hydrogen) atoms. The number of rotatable bonds is 4. The normalized spacial score (nSPS) is 18.4. The van der Waals surface area contributed by atoms with Crippen LogP contribution in [0.4, 0.5) is 0 Å². The molecule has 3 aromatic heterocycles. The van der Waals surface area contributed by atoms with Gasteiger partial charge in [-0.3, -0.25) is 24.2 Å². The molecule has 4 bridgehead atoms. The molecule has 13 heteroatoms. The summed E-state index contributed by atoms with van der Waals surface area (Å²) in [6, 6.07) is 12.0. The second-order valence-corrected chi connectivity index (χ2v) is 12.5. The summed E-state index contributed by atoms with van der Waals surface area (Å²) in [5.74, 6) is -1.44. The molecular formula is C31H33N7O4S2. The van der Waals surface area contributed by atoms with Crippen LogP contribution in [0.3, 0.4) is 0 Å². The summed E-state index contributed by atoms with van der Waals surface area (Å²) in [5, 5.41) is 13.5. The summed E-state index contributed by atoms with van der Waals surface area (Å²) in [6.45, 7) is 4.22. The van der Waals surface area contributed by atoms with Crippen LogP contribution in [0, 0.1) is 5.92 Å². The summed E-state index contributed by atoms with van der Waals surface area (Å²) < 4.78 is 0. The van der Waals surface area contributed by atoms with Crippen LogP contribution in [0.1, 0.15) is 79.3 Å². The molecule has 0 spiro atoms. The van der Waals surface area contributed by atoms with Gasteiger partial charge in [0.05, 0.1) is 24.2 Å². The van der Waals surface area contributed by atoms with Crippen molar-refractivity contribution >= 4 is 46.3 Å². The molecule has 0 saturated carbocycles. The lowest BCUT2D eigenvalue weighted by Crippen LogP contribution is -2.43. The molecule has 1 aromatic carbocycles. The van der Waals surface area contributed by atoms with Gasteiger partial charge in [0.2, 0.25) is 5.91 Å². The Hall–Kier alpha value is -4.49. The van der Waals surface area contributed by atoms with E-state index in [1.54, 1.807) is 29.1 Å². The fraction of sp³-hybridized carbons (Fsp3) is 0.323. The highest BCUT2D eigenvalue weighted by Crippen LogP contribution is 2.27. The summed E-state index contributed by atoms with van der Waals surface area (Å²) in [5.41, 5.74) is 1.82. The highest BCUT2D eigenvalue weighted by atomic mass is 32.1. The lowest BCUT2D eigenvalue weighted by atomic mass is 10.0. The van der Waals surface area contributed by atoms with Crippen LogP contribution in [0.2, 0.25) is 0 Å². The predicted molar refractivity (Wildman–Crippen MR) is 167 cm³/mol. The molecule has 1 aliphatic rings. The summed E-state index contributed by atoms with van der Waals surface area (Å²) in [4.78, 5) is 67.7. The maximum atomic E-state index is 13.5. The zero-order chi connectivity index (χ0) is 31.1. The summed E-state index contributed by atoms with van der Waals surface area (Å²) >= 11 is 2.60. The van der Waals surface area contributed by atoms with Crippen LogP contribution in [0.5, 0.6) is 0 Å². The predicted octanol–water partition coefficient (Wildman–Crippen LogP) is 3.80. The number of hydrogen-bond acceptors (Lipinski definition) is 9. The first-order valence-electron chi connectivity index (χ1n) is 14.3. The average molecular weight is 632 g/mol. The molecule has 11 nitrogen and oxygen atoms in total. The van der Waals surface area contributed by atoms with Gasteiger partial charge in [-0.25, -0.2) is 9.97 Å². The molecule has 3 N–H and O–H groups in total. The number of hydrogen-bond donors (Lipinski definition) is 3. The maximum Gasteiger partial charge on any atom is 0.271 e. The fourth-order valence-corrected chi connectivity index (χ4v) is 6.64. The van der Waals surface area contributed by atoms with Gasteiger partial charge in [-0.2, -0.15) is 0 Å². The Morgan fingerprint density at radius 2 is 1.68 bits per heavy atom. The number of benzene rings is 1. The van der Waals surface area contributed by atoms with Crippen LogP contribution in [0.15, 0.2) is 65.6 Å². The molecular weight excluding hydrogens is 599 g/mol. The SMILES string of the molecule is CC(C)[C@@H]1NC(=O)c2csc(n2)[C@H](Cc2ccccc2)NC(=O)CN(C(=O)c2cccnc2)CCCNC(=O)c2csc1n2. The van der Waals surface area contributed by atoms with Gasteiger partial charge in [0, 0.05) is 36.2 Å². The minimum atomic E-state index is -0.532. The van der Waals surface area contributed by atoms with Gasteiger partial charge in [-0.1, -0.05) is 44.2 Å². The van der Waals surface area contributed by atoms with Crippen molar-refractivity contribution in [1.29, 1.82) is 0 Å². The topological polar surface area (TPSA) is 146 Å². The standard InChI is InChI=1S/C31H33N7O4S2/c1-19(2)26-30-36-23(17-44-30)27(40)33-12-7-13-38(31(42)21-10-6-11-32-15-21)16-25(39)34-22(14-20-8-4-3-5-9-20)29-35-24(18-43-29)28(41)37-26/h3-6,8-11,15,17-19,22,26H,7,12-14,16H2,1-2H3,(H,33,40)(H,34,39)(H,37,41)/t22-,26-/m0/s1. The van der Waals surface area contributed by atoms with Gasteiger partial charge >= 0.3 is 0 Å². The largest absolute Gasteiger partial charge is 0.351 e. The fourth-order valence-electron chi connectivity index (χ4n) is 4.77. The average Bonchev–Trinajstić information content (AvgIpc) is 3.72. The van der Waals surface area contributed by atoms with Crippen molar-refractivity contribution in [3.8, 4) is 0 Å². The molecule has 2 atom stereocenters. The number of amides is 4. The maximum absolute atomic E-state index is 13.5. The minimum Gasteiger partial charge on any atom is -0.351 e. The summed E-state index contributed by atoms with van der Waals surface area (Å²) in [6.07, 6.45) is 3.89. The van der Waals surface area contributed by atoms with Crippen molar-refractivity contribution in [2.45, 2.75) is 38.8 Å². The Kier molecular flexibility index (Phi) is 10.1. The van der Waals surface area contributed by atoms with E-state index < -0.39 is 12.1 Å². The van der Waals surface area contributed by atoms with Crippen molar-refractivity contribution in [2.24, 2.45) is 5.92 Å². The van der Waals surface area contributed by atoms with E-state index in [0.717, 1.165) is 5.56 Å². The van der Waals surface area contributed by atoms with E-state index in [0.29, 0.717) is 28.4 Å². The van der Waals surface area contributed by atoms with Gasteiger partial charge in [-0.15, -0.1) is 22.7 Å². The third kappa shape index (κ3) is 7.71. The van der Waals surface area contributed by atoms with Gasteiger partial charge in [0.25, 0.3) is 17.7 Å². The number of pyridine rings is 1. The Morgan fingerprint density at radius 3 is 2.41 bits per heavy atom. The quantitative estimate of drug-likeness (QED) is 0.311. The van der Waals surface area contributed by atoms with E-state index in [1.165, 1.54) is 33.8 Å². The Balaban J connectivity index is 1.47. The molecule has 5 rings (SSSR count). The number of nitrogens with zero attached hydrogens (tertiary/aromatic N) is 4. The number of nitrogens with one attached hydrogen (secondary N) is 3. The van der Waals surface area contributed by atoms with E-state index >= 15 is 0 Å². The molecule has 0 saturated heterocycles. The number of thiazole rings is 2. The van der Waals surface area contributed by atoms with Crippen LogP contribution < -0.4 is 16.0 Å². The van der Waals surface area contributed by atoms with Crippen LogP contribution in [-0.4, -0.2) is 63.1 Å². The van der Waals surface area contributed by atoms with E-state index in [4.69, 9.17) is 0 Å². The second-order valence-electron chi connectivity index (χ2n) is 10.7. The van der Waals surface area contributed by atoms with Crippen molar-refractivity contribution in [3.05, 3.63) is 98.1 Å². The van der Waals surface area contributed by atoms with Crippen molar-refractivity contribution in [3.63, 3.8) is 0 Å². The first kappa shape index (κ1) is 31.0. The molecule has 1 aliphatic heterocycles. The zero-order valence-corrected chi connectivity index (χ0v) is 26.0. The summed E-state index contributed by atoms with van der Waals surface area (Å²) in [7, 11) is 0. The molecule has 0 unspecified atom stereocenters. The molecule has 0 radical (unpaired) electrons. The van der Waals surface area contributed by atoms with Gasteiger partial charge in [-0.05, 0) is 36.5 Å². The highest BCUT2D eigenvalue weighted by Gasteiger charge is 2.27. The van der Waals surface area contributed by atoms with Crippen molar-refractivity contribution in [2.75, 3.05) is 19.6 Å². The van der Waals surface area contributed by atoms with E-state index in [1.807, 2.05) is 44.2 Å². The van der Waals surface area contributed by atoms with Crippen molar-refractivity contribution in [1.82, 2.24) is 35.8 Å². The Labute approximate surface area is 263 Å². The third-order valence-electron chi connectivity index (χ3n) is 7.06. The zero-order valence-electron chi connectivity index (χ0n) is 24.4. The molecule has 228 valence electrons. The van der Waals surface area contributed by atoms with Crippen molar-refractivity contribution < 1.29 is 19.2 Å². The molecule has 4 heterocycles. The third-order valence-corrected chi connectivity index (χ3v) is 8.95.